The number of hydroxylamine groups is 1. The molecular formula is C20H22ClN3O5S. The van der Waals surface area contributed by atoms with E-state index in [4.69, 9.17) is 16.8 Å². The number of nitrogens with zero attached hydrogens (tertiary/aromatic N) is 1. The van der Waals surface area contributed by atoms with Crippen molar-refractivity contribution in [2.24, 2.45) is 0 Å². The summed E-state index contributed by atoms with van der Waals surface area (Å²) in [4.78, 5) is 24.2. The van der Waals surface area contributed by atoms with E-state index in [1.165, 1.54) is 40.7 Å². The van der Waals surface area contributed by atoms with Crippen LogP contribution < -0.4 is 10.8 Å². The van der Waals surface area contributed by atoms with Crippen LogP contribution in [0.3, 0.4) is 0 Å². The number of sulfonamides is 1. The average molecular weight is 452 g/mol. The highest BCUT2D eigenvalue weighted by atomic mass is 35.5. The van der Waals surface area contributed by atoms with Crippen LogP contribution in [0.4, 0.5) is 0 Å². The zero-order valence-corrected chi connectivity index (χ0v) is 17.6. The third-order valence-corrected chi connectivity index (χ3v) is 7.05. The first-order chi connectivity index (χ1) is 14.3. The van der Waals surface area contributed by atoms with Gasteiger partial charge in [-0.2, -0.15) is 4.31 Å². The largest absolute Gasteiger partial charge is 0.355 e. The lowest BCUT2D eigenvalue weighted by atomic mass is 10.1. The number of amides is 2. The molecule has 30 heavy (non-hydrogen) atoms. The summed E-state index contributed by atoms with van der Waals surface area (Å²) in [7, 11) is -4.00. The molecule has 0 aliphatic carbocycles. The fourth-order valence-electron chi connectivity index (χ4n) is 3.31. The summed E-state index contributed by atoms with van der Waals surface area (Å²) in [5.41, 5.74) is 2.37. The number of benzene rings is 2. The van der Waals surface area contributed by atoms with Crippen LogP contribution in [0.2, 0.25) is 5.02 Å². The van der Waals surface area contributed by atoms with E-state index >= 15 is 0 Å². The summed E-state index contributed by atoms with van der Waals surface area (Å²) in [5, 5.41) is 11.9. The van der Waals surface area contributed by atoms with Gasteiger partial charge in [0.25, 0.3) is 5.91 Å². The van der Waals surface area contributed by atoms with Crippen molar-refractivity contribution < 1.29 is 23.2 Å². The van der Waals surface area contributed by atoms with Crippen molar-refractivity contribution >= 4 is 33.4 Å². The van der Waals surface area contributed by atoms with Crippen molar-refractivity contribution in [1.82, 2.24) is 15.1 Å². The summed E-state index contributed by atoms with van der Waals surface area (Å²) in [6, 6.07) is 11.1. The van der Waals surface area contributed by atoms with Gasteiger partial charge in [-0.25, -0.2) is 13.9 Å². The molecule has 0 saturated carbocycles. The van der Waals surface area contributed by atoms with Crippen molar-refractivity contribution in [2.75, 3.05) is 6.54 Å². The molecule has 160 valence electrons. The van der Waals surface area contributed by atoms with Crippen LogP contribution >= 0.6 is 11.6 Å². The van der Waals surface area contributed by atoms with E-state index in [-0.39, 0.29) is 22.9 Å². The van der Waals surface area contributed by atoms with E-state index in [0.29, 0.717) is 30.0 Å². The molecule has 1 fully saturated rings. The molecule has 1 aliphatic rings. The van der Waals surface area contributed by atoms with Crippen LogP contribution in [0.5, 0.6) is 0 Å². The Morgan fingerprint density at radius 1 is 1.13 bits per heavy atom. The second-order valence-corrected chi connectivity index (χ2v) is 9.27. The lowest BCUT2D eigenvalue weighted by Crippen LogP contribution is -2.48. The van der Waals surface area contributed by atoms with E-state index in [1.807, 2.05) is 0 Å². The molecule has 2 aromatic rings. The highest BCUT2D eigenvalue weighted by molar-refractivity contribution is 7.89. The Balaban J connectivity index is 1.97. The minimum Gasteiger partial charge on any atom is -0.355 e. The molecule has 0 spiro atoms. The maximum Gasteiger partial charge on any atom is 0.274 e. The van der Waals surface area contributed by atoms with Gasteiger partial charge >= 0.3 is 0 Å². The molecule has 8 nitrogen and oxygen atoms in total. The fourth-order valence-corrected chi connectivity index (χ4v) is 5.04. The van der Waals surface area contributed by atoms with Crippen molar-refractivity contribution in [3.8, 4) is 0 Å². The van der Waals surface area contributed by atoms with Gasteiger partial charge in [0, 0.05) is 23.7 Å². The predicted octanol–water partition coefficient (Wildman–Crippen LogP) is 2.32. The van der Waals surface area contributed by atoms with Crippen LogP contribution in [0, 0.1) is 0 Å². The van der Waals surface area contributed by atoms with Crippen LogP contribution in [-0.4, -0.2) is 42.3 Å². The molecule has 3 N–H and O–H groups in total. The van der Waals surface area contributed by atoms with Gasteiger partial charge in [-0.05, 0) is 61.2 Å². The standard InChI is InChI=1S/C20H22ClN3O5S/c21-16-8-10-17(11-9-16)30(28,29)24(18-3-1-2-12-22-20(18)26)13-14-4-6-15(7-5-14)19(25)23-27/h4-11,18,27H,1-3,12-13H2,(H,22,26)(H,23,25). The Kier molecular flexibility index (Phi) is 7.09. The van der Waals surface area contributed by atoms with Gasteiger partial charge in [-0.3, -0.25) is 14.8 Å². The molecule has 10 heteroatoms. The number of halogens is 1. The minimum absolute atomic E-state index is 0.0419. The molecule has 0 bridgehead atoms. The zero-order chi connectivity index (χ0) is 21.7. The van der Waals surface area contributed by atoms with Gasteiger partial charge in [0.15, 0.2) is 0 Å². The van der Waals surface area contributed by atoms with E-state index in [0.717, 1.165) is 6.42 Å². The Bertz CT molecular complexity index is 1010. The summed E-state index contributed by atoms with van der Waals surface area (Å²) in [6.07, 6.45) is 1.90. The molecular weight excluding hydrogens is 430 g/mol. The molecule has 0 radical (unpaired) electrons. The van der Waals surface area contributed by atoms with Crippen molar-refractivity contribution in [2.45, 2.75) is 36.7 Å². The monoisotopic (exact) mass is 451 g/mol. The van der Waals surface area contributed by atoms with E-state index < -0.39 is 22.0 Å². The second-order valence-electron chi connectivity index (χ2n) is 6.94. The average Bonchev–Trinajstić information content (AvgIpc) is 2.96. The highest BCUT2D eigenvalue weighted by Gasteiger charge is 2.36. The number of hydrogen-bond acceptors (Lipinski definition) is 5. The Hall–Kier alpha value is -2.46. The zero-order valence-electron chi connectivity index (χ0n) is 16.0. The third-order valence-electron chi connectivity index (χ3n) is 4.93. The molecule has 2 aromatic carbocycles. The molecule has 1 heterocycles. The van der Waals surface area contributed by atoms with Crippen molar-refractivity contribution in [1.29, 1.82) is 0 Å². The Morgan fingerprint density at radius 3 is 2.43 bits per heavy atom. The number of carbonyl (C=O) groups is 2. The van der Waals surface area contributed by atoms with Crippen LogP contribution in [0.25, 0.3) is 0 Å². The van der Waals surface area contributed by atoms with Gasteiger partial charge in [0.1, 0.15) is 6.04 Å². The highest BCUT2D eigenvalue weighted by Crippen LogP contribution is 2.26. The minimum atomic E-state index is -4.00. The van der Waals surface area contributed by atoms with E-state index in [9.17, 15) is 18.0 Å². The summed E-state index contributed by atoms with van der Waals surface area (Å²) in [6.45, 7) is 0.458. The van der Waals surface area contributed by atoms with E-state index in [2.05, 4.69) is 5.32 Å². The third kappa shape index (κ3) is 4.99. The molecule has 0 aromatic heterocycles. The molecule has 2 amide bonds. The SMILES string of the molecule is O=C(NO)c1ccc(CN(C2CCCCNC2=O)S(=O)(=O)c2ccc(Cl)cc2)cc1. The smallest absolute Gasteiger partial charge is 0.274 e. The van der Waals surface area contributed by atoms with Gasteiger partial charge in [0.05, 0.1) is 4.90 Å². The van der Waals surface area contributed by atoms with E-state index in [1.54, 1.807) is 17.6 Å². The van der Waals surface area contributed by atoms with Gasteiger partial charge in [-0.15, -0.1) is 0 Å². The maximum absolute atomic E-state index is 13.4. The number of rotatable bonds is 6. The first-order valence-electron chi connectivity index (χ1n) is 9.41. The molecule has 1 unspecified atom stereocenters. The van der Waals surface area contributed by atoms with Gasteiger partial charge in [-0.1, -0.05) is 23.7 Å². The predicted molar refractivity (Wildman–Crippen MR) is 111 cm³/mol. The normalized spacial score (nSPS) is 17.3. The lowest BCUT2D eigenvalue weighted by Gasteiger charge is -2.29. The molecule has 1 atom stereocenters. The lowest BCUT2D eigenvalue weighted by molar-refractivity contribution is -0.124. The van der Waals surface area contributed by atoms with Crippen molar-refractivity contribution in [3.05, 3.63) is 64.7 Å². The molecule has 1 aliphatic heterocycles. The first-order valence-corrected chi connectivity index (χ1v) is 11.2. The molecule has 3 rings (SSSR count). The molecule has 1 saturated heterocycles. The Labute approximate surface area is 179 Å². The fraction of sp³-hybridized carbons (Fsp3) is 0.300. The number of carbonyl (C=O) groups excluding carboxylic acids is 2. The first kappa shape index (κ1) is 22.2. The summed E-state index contributed by atoms with van der Waals surface area (Å²) in [5.74, 6) is -1.00. The van der Waals surface area contributed by atoms with Crippen LogP contribution in [0.15, 0.2) is 53.4 Å². The quantitative estimate of drug-likeness (QED) is 0.460. The van der Waals surface area contributed by atoms with Crippen LogP contribution in [-0.2, 0) is 21.4 Å². The number of hydrogen-bond donors (Lipinski definition) is 3. The maximum atomic E-state index is 13.4. The topological polar surface area (TPSA) is 116 Å². The van der Waals surface area contributed by atoms with Gasteiger partial charge in [0.2, 0.25) is 15.9 Å². The Morgan fingerprint density at radius 2 is 1.80 bits per heavy atom. The van der Waals surface area contributed by atoms with Crippen LogP contribution in [0.1, 0.15) is 35.2 Å². The summed E-state index contributed by atoms with van der Waals surface area (Å²) >= 11 is 5.89. The number of nitrogens with one attached hydrogen (secondary N) is 2. The second kappa shape index (κ2) is 9.57. The summed E-state index contributed by atoms with van der Waals surface area (Å²) < 4.78 is 28.1. The van der Waals surface area contributed by atoms with Crippen molar-refractivity contribution in [3.63, 3.8) is 0 Å². The van der Waals surface area contributed by atoms with Gasteiger partial charge < -0.3 is 5.32 Å².